The molecular formula is C16H29N3O. The highest BCUT2D eigenvalue weighted by Gasteiger charge is 2.32. The Morgan fingerprint density at radius 1 is 1.50 bits per heavy atom. The molecule has 4 nitrogen and oxygen atoms in total. The van der Waals surface area contributed by atoms with Crippen molar-refractivity contribution in [3.63, 3.8) is 0 Å². The van der Waals surface area contributed by atoms with Crippen LogP contribution in [0.5, 0.6) is 0 Å². The SMILES string of the molecule is CCC(C)(OC)C(Cc1ccn(C2CCCC2)n1)NC. The lowest BCUT2D eigenvalue weighted by Crippen LogP contribution is -2.49. The van der Waals surface area contributed by atoms with Crippen molar-refractivity contribution in [2.24, 2.45) is 0 Å². The van der Waals surface area contributed by atoms with E-state index < -0.39 is 0 Å². The van der Waals surface area contributed by atoms with Crippen LogP contribution in [0.25, 0.3) is 0 Å². The smallest absolute Gasteiger partial charge is 0.0804 e. The van der Waals surface area contributed by atoms with Gasteiger partial charge in [0.15, 0.2) is 0 Å². The lowest BCUT2D eigenvalue weighted by molar-refractivity contribution is -0.0271. The Labute approximate surface area is 122 Å². The zero-order valence-electron chi connectivity index (χ0n) is 13.4. The minimum atomic E-state index is -0.147. The van der Waals surface area contributed by atoms with Gasteiger partial charge in [0.2, 0.25) is 0 Å². The predicted octanol–water partition coefficient (Wildman–Crippen LogP) is 2.94. The molecule has 1 aromatic rings. The summed E-state index contributed by atoms with van der Waals surface area (Å²) in [6, 6.07) is 3.06. The molecule has 1 saturated carbocycles. The average Bonchev–Trinajstić information content (AvgIpc) is 3.14. The third-order valence-corrected chi connectivity index (χ3v) is 5.03. The minimum absolute atomic E-state index is 0.147. The standard InChI is InChI=1S/C16H29N3O/c1-5-16(2,20-4)15(17-3)12-13-10-11-19(18-13)14-8-6-7-9-14/h10-11,14-15,17H,5-9,12H2,1-4H3. The van der Waals surface area contributed by atoms with E-state index in [1.54, 1.807) is 7.11 Å². The number of methoxy groups -OCH3 is 1. The Kier molecular flexibility index (Phi) is 5.22. The molecule has 0 radical (unpaired) electrons. The van der Waals surface area contributed by atoms with Crippen LogP contribution in [0, 0.1) is 0 Å². The number of nitrogens with zero attached hydrogens (tertiary/aromatic N) is 2. The molecule has 1 fully saturated rings. The summed E-state index contributed by atoms with van der Waals surface area (Å²) in [7, 11) is 3.80. The molecule has 2 atom stereocenters. The maximum absolute atomic E-state index is 5.72. The van der Waals surface area contributed by atoms with Gasteiger partial charge in [-0.3, -0.25) is 4.68 Å². The van der Waals surface area contributed by atoms with Gasteiger partial charge in [-0.05, 0) is 39.3 Å². The molecule has 1 heterocycles. The summed E-state index contributed by atoms with van der Waals surface area (Å²) >= 11 is 0. The van der Waals surface area contributed by atoms with E-state index in [2.05, 4.69) is 36.1 Å². The van der Waals surface area contributed by atoms with Gasteiger partial charge in [-0.15, -0.1) is 0 Å². The lowest BCUT2D eigenvalue weighted by atomic mass is 9.90. The number of nitrogens with one attached hydrogen (secondary N) is 1. The summed E-state index contributed by atoms with van der Waals surface area (Å²) in [5.41, 5.74) is 1.01. The van der Waals surface area contributed by atoms with Gasteiger partial charge in [0.05, 0.1) is 17.3 Å². The Bertz CT molecular complexity index is 406. The van der Waals surface area contributed by atoms with E-state index in [-0.39, 0.29) is 11.6 Å². The zero-order valence-corrected chi connectivity index (χ0v) is 13.4. The number of rotatable bonds is 7. The maximum atomic E-state index is 5.72. The van der Waals surface area contributed by atoms with Crippen molar-refractivity contribution in [1.82, 2.24) is 15.1 Å². The van der Waals surface area contributed by atoms with Crippen LogP contribution in [0.15, 0.2) is 12.3 Å². The molecule has 0 aliphatic heterocycles. The molecular weight excluding hydrogens is 250 g/mol. The largest absolute Gasteiger partial charge is 0.377 e. The van der Waals surface area contributed by atoms with E-state index in [9.17, 15) is 0 Å². The van der Waals surface area contributed by atoms with E-state index in [0.717, 1.165) is 18.5 Å². The molecule has 0 spiro atoms. The van der Waals surface area contributed by atoms with Crippen LogP contribution < -0.4 is 5.32 Å². The zero-order chi connectivity index (χ0) is 14.6. The van der Waals surface area contributed by atoms with Crippen molar-refractivity contribution in [2.45, 2.75) is 70.1 Å². The second kappa shape index (κ2) is 6.72. The number of hydrogen-bond donors (Lipinski definition) is 1. The van der Waals surface area contributed by atoms with Crippen LogP contribution >= 0.6 is 0 Å². The Balaban J connectivity index is 2.04. The summed E-state index contributed by atoms with van der Waals surface area (Å²) in [5, 5.41) is 8.18. The maximum Gasteiger partial charge on any atom is 0.0804 e. The van der Waals surface area contributed by atoms with Crippen LogP contribution in [0.1, 0.15) is 57.7 Å². The van der Waals surface area contributed by atoms with Gasteiger partial charge in [-0.25, -0.2) is 0 Å². The van der Waals surface area contributed by atoms with Gasteiger partial charge in [-0.2, -0.15) is 5.10 Å². The quantitative estimate of drug-likeness (QED) is 0.834. The van der Waals surface area contributed by atoms with Gasteiger partial charge in [0.1, 0.15) is 0 Å². The molecule has 20 heavy (non-hydrogen) atoms. The van der Waals surface area contributed by atoms with Crippen molar-refractivity contribution >= 4 is 0 Å². The summed E-state index contributed by atoms with van der Waals surface area (Å²) in [5.74, 6) is 0. The molecule has 0 bridgehead atoms. The number of likely N-dealkylation sites (N-methyl/N-ethyl adjacent to an activating group) is 1. The van der Waals surface area contributed by atoms with E-state index in [4.69, 9.17) is 9.84 Å². The van der Waals surface area contributed by atoms with Crippen molar-refractivity contribution in [3.8, 4) is 0 Å². The van der Waals surface area contributed by atoms with Crippen molar-refractivity contribution in [3.05, 3.63) is 18.0 Å². The van der Waals surface area contributed by atoms with Gasteiger partial charge in [-0.1, -0.05) is 19.8 Å². The third-order valence-electron chi connectivity index (χ3n) is 5.03. The molecule has 1 aliphatic rings. The van der Waals surface area contributed by atoms with Gasteiger partial charge >= 0.3 is 0 Å². The van der Waals surface area contributed by atoms with Crippen molar-refractivity contribution < 1.29 is 4.74 Å². The molecule has 4 heteroatoms. The highest BCUT2D eigenvalue weighted by atomic mass is 16.5. The van der Waals surface area contributed by atoms with Crippen LogP contribution in [0.4, 0.5) is 0 Å². The first-order valence-corrected chi connectivity index (χ1v) is 7.89. The van der Waals surface area contributed by atoms with Crippen LogP contribution in [0.2, 0.25) is 0 Å². The van der Waals surface area contributed by atoms with Crippen LogP contribution in [0.3, 0.4) is 0 Å². The topological polar surface area (TPSA) is 39.1 Å². The molecule has 2 unspecified atom stereocenters. The van der Waals surface area contributed by atoms with Gasteiger partial charge in [0, 0.05) is 25.8 Å². The first-order chi connectivity index (χ1) is 9.62. The minimum Gasteiger partial charge on any atom is -0.377 e. The van der Waals surface area contributed by atoms with E-state index >= 15 is 0 Å². The highest BCUT2D eigenvalue weighted by molar-refractivity contribution is 5.05. The molecule has 2 rings (SSSR count). The summed E-state index contributed by atoms with van der Waals surface area (Å²) in [6.45, 7) is 4.34. The van der Waals surface area contributed by atoms with E-state index in [1.165, 1.54) is 25.7 Å². The summed E-state index contributed by atoms with van der Waals surface area (Å²) in [6.07, 6.45) is 9.29. The third kappa shape index (κ3) is 3.23. The Morgan fingerprint density at radius 3 is 2.75 bits per heavy atom. The van der Waals surface area contributed by atoms with E-state index in [0.29, 0.717) is 6.04 Å². The number of aromatic nitrogens is 2. The van der Waals surface area contributed by atoms with E-state index in [1.807, 2.05) is 7.05 Å². The molecule has 0 aromatic carbocycles. The normalized spacial score (nSPS) is 21.0. The fourth-order valence-electron chi connectivity index (χ4n) is 3.22. The molecule has 0 amide bonds. The van der Waals surface area contributed by atoms with Crippen LogP contribution in [-0.2, 0) is 11.2 Å². The Hall–Kier alpha value is -0.870. The summed E-state index contributed by atoms with van der Waals surface area (Å²) < 4.78 is 7.89. The van der Waals surface area contributed by atoms with Gasteiger partial charge in [0.25, 0.3) is 0 Å². The van der Waals surface area contributed by atoms with Gasteiger partial charge < -0.3 is 10.1 Å². The monoisotopic (exact) mass is 279 g/mol. The highest BCUT2D eigenvalue weighted by Crippen LogP contribution is 2.29. The number of hydrogen-bond acceptors (Lipinski definition) is 3. The summed E-state index contributed by atoms with van der Waals surface area (Å²) in [4.78, 5) is 0. The lowest BCUT2D eigenvalue weighted by Gasteiger charge is -2.35. The predicted molar refractivity (Wildman–Crippen MR) is 82.0 cm³/mol. The molecule has 1 aliphatic carbocycles. The Morgan fingerprint density at radius 2 is 2.20 bits per heavy atom. The average molecular weight is 279 g/mol. The first-order valence-electron chi connectivity index (χ1n) is 7.89. The molecule has 1 N–H and O–H groups in total. The van der Waals surface area contributed by atoms with Crippen molar-refractivity contribution in [2.75, 3.05) is 14.2 Å². The number of ether oxygens (including phenoxy) is 1. The van der Waals surface area contributed by atoms with Crippen LogP contribution in [-0.4, -0.2) is 35.6 Å². The second-order valence-electron chi connectivity index (χ2n) is 6.14. The molecule has 0 saturated heterocycles. The first kappa shape index (κ1) is 15.5. The fourth-order valence-corrected chi connectivity index (χ4v) is 3.22. The molecule has 114 valence electrons. The second-order valence-corrected chi connectivity index (χ2v) is 6.14. The van der Waals surface area contributed by atoms with Crippen molar-refractivity contribution in [1.29, 1.82) is 0 Å². The fraction of sp³-hybridized carbons (Fsp3) is 0.812. The molecule has 1 aromatic heterocycles.